The van der Waals surface area contributed by atoms with Gasteiger partial charge in [-0.2, -0.15) is 0 Å². The van der Waals surface area contributed by atoms with E-state index in [-0.39, 0.29) is 6.04 Å². The highest BCUT2D eigenvalue weighted by Gasteiger charge is 2.15. The Morgan fingerprint density at radius 3 is 2.71 bits per heavy atom. The number of rotatable bonds is 3. The Morgan fingerprint density at radius 1 is 1.10 bits per heavy atom. The summed E-state index contributed by atoms with van der Waals surface area (Å²) in [4.78, 5) is 4.58. The molecular weight excluding hydrogens is 324 g/mol. The fourth-order valence-corrected chi connectivity index (χ4v) is 3.05. The average molecular weight is 341 g/mol. The van der Waals surface area contributed by atoms with E-state index in [1.165, 1.54) is 22.1 Å². The lowest BCUT2D eigenvalue weighted by molar-refractivity contribution is 0.685. The van der Waals surface area contributed by atoms with Gasteiger partial charge in [0.05, 0.1) is 11.6 Å². The molecule has 2 aromatic carbocycles. The number of aryl methyl sites for hydroxylation is 1. The van der Waals surface area contributed by atoms with Gasteiger partial charge in [0.15, 0.2) is 0 Å². The number of nitrogens with one attached hydrogen (secondary N) is 1. The fraction of sp³-hybridized carbons (Fsp3) is 0.167. The lowest BCUT2D eigenvalue weighted by atomic mass is 9.95. The average Bonchev–Trinajstić information content (AvgIpc) is 2.51. The molecule has 0 amide bonds. The molecule has 3 heteroatoms. The van der Waals surface area contributed by atoms with Crippen LogP contribution in [0.2, 0.25) is 0 Å². The maximum Gasteiger partial charge on any atom is 0.0702 e. The molecule has 0 aliphatic heterocycles. The maximum absolute atomic E-state index is 4.58. The molecule has 3 aromatic rings. The van der Waals surface area contributed by atoms with E-state index in [0.717, 1.165) is 9.99 Å². The molecule has 0 fully saturated rings. The first kappa shape index (κ1) is 14.2. The third-order valence-electron chi connectivity index (χ3n) is 3.79. The summed E-state index contributed by atoms with van der Waals surface area (Å²) < 4.78 is 1.09. The van der Waals surface area contributed by atoms with E-state index in [2.05, 4.69) is 63.5 Å². The van der Waals surface area contributed by atoms with Crippen molar-refractivity contribution in [1.29, 1.82) is 0 Å². The number of halogens is 1. The first-order valence-electron chi connectivity index (χ1n) is 6.97. The fourth-order valence-electron chi connectivity index (χ4n) is 2.67. The Balaban J connectivity index is 2.11. The molecule has 0 aliphatic rings. The molecule has 1 aromatic heterocycles. The number of pyridine rings is 1. The summed E-state index contributed by atoms with van der Waals surface area (Å²) >= 11 is 3.56. The second-order valence-electron chi connectivity index (χ2n) is 5.18. The summed E-state index contributed by atoms with van der Waals surface area (Å²) in [7, 11) is 1.99. The van der Waals surface area contributed by atoms with E-state index < -0.39 is 0 Å². The van der Waals surface area contributed by atoms with Crippen LogP contribution in [0.4, 0.5) is 0 Å². The van der Waals surface area contributed by atoms with Gasteiger partial charge in [-0.1, -0.05) is 40.2 Å². The highest BCUT2D eigenvalue weighted by Crippen LogP contribution is 2.28. The lowest BCUT2D eigenvalue weighted by Gasteiger charge is -2.20. The second-order valence-corrected chi connectivity index (χ2v) is 6.10. The predicted molar refractivity (Wildman–Crippen MR) is 91.5 cm³/mol. The molecule has 1 unspecified atom stereocenters. The van der Waals surface area contributed by atoms with Crippen LogP contribution in [0, 0.1) is 6.92 Å². The molecule has 2 nitrogen and oxygen atoms in total. The van der Waals surface area contributed by atoms with E-state index in [1.54, 1.807) is 0 Å². The molecular formula is C18H17BrN2. The standard InChI is InChI=1S/C18H17BrN2/c1-12-7-8-15(19)10-16(12)18(20-2)14-9-13-5-3-4-6-17(13)21-11-14/h3-11,18,20H,1-2H3. The second kappa shape index (κ2) is 5.96. The third-order valence-corrected chi connectivity index (χ3v) is 4.28. The van der Waals surface area contributed by atoms with Gasteiger partial charge in [0.2, 0.25) is 0 Å². The van der Waals surface area contributed by atoms with Crippen molar-refractivity contribution in [3.8, 4) is 0 Å². The van der Waals surface area contributed by atoms with Gasteiger partial charge < -0.3 is 5.32 Å². The van der Waals surface area contributed by atoms with Crippen molar-refractivity contribution < 1.29 is 0 Å². The van der Waals surface area contributed by atoms with Crippen LogP contribution in [0.3, 0.4) is 0 Å². The molecule has 0 bridgehead atoms. The van der Waals surface area contributed by atoms with Crippen LogP contribution >= 0.6 is 15.9 Å². The van der Waals surface area contributed by atoms with Gasteiger partial charge in [-0.05, 0) is 54.9 Å². The van der Waals surface area contributed by atoms with Crippen LogP contribution in [0.5, 0.6) is 0 Å². The van der Waals surface area contributed by atoms with Crippen molar-refractivity contribution in [2.45, 2.75) is 13.0 Å². The van der Waals surface area contributed by atoms with Gasteiger partial charge in [-0.15, -0.1) is 0 Å². The molecule has 0 saturated heterocycles. The molecule has 0 saturated carbocycles. The van der Waals surface area contributed by atoms with Gasteiger partial charge in [-0.3, -0.25) is 4.98 Å². The van der Waals surface area contributed by atoms with Crippen molar-refractivity contribution in [1.82, 2.24) is 10.3 Å². The molecule has 0 spiro atoms. The molecule has 3 rings (SSSR count). The van der Waals surface area contributed by atoms with E-state index in [4.69, 9.17) is 0 Å². The minimum Gasteiger partial charge on any atom is -0.309 e. The maximum atomic E-state index is 4.58. The van der Waals surface area contributed by atoms with Crippen molar-refractivity contribution in [2.75, 3.05) is 7.05 Å². The molecule has 0 radical (unpaired) electrons. The van der Waals surface area contributed by atoms with E-state index in [0.29, 0.717) is 0 Å². The highest BCUT2D eigenvalue weighted by molar-refractivity contribution is 9.10. The molecule has 0 aliphatic carbocycles. The number of aromatic nitrogens is 1. The zero-order valence-corrected chi connectivity index (χ0v) is 13.7. The van der Waals surface area contributed by atoms with Crippen molar-refractivity contribution in [2.24, 2.45) is 0 Å². The summed E-state index contributed by atoms with van der Waals surface area (Å²) in [6.07, 6.45) is 1.96. The Hall–Kier alpha value is -1.71. The topological polar surface area (TPSA) is 24.9 Å². The Kier molecular flexibility index (Phi) is 4.04. The van der Waals surface area contributed by atoms with Gasteiger partial charge in [-0.25, -0.2) is 0 Å². The van der Waals surface area contributed by atoms with Crippen LogP contribution in [0.15, 0.2) is 59.2 Å². The first-order valence-corrected chi connectivity index (χ1v) is 7.76. The molecule has 1 N–H and O–H groups in total. The Morgan fingerprint density at radius 2 is 1.90 bits per heavy atom. The number of benzene rings is 2. The van der Waals surface area contributed by atoms with Gasteiger partial charge >= 0.3 is 0 Å². The number of fused-ring (bicyclic) bond motifs is 1. The molecule has 106 valence electrons. The third kappa shape index (κ3) is 2.85. The number of hydrogen-bond donors (Lipinski definition) is 1. The minimum absolute atomic E-state index is 0.139. The quantitative estimate of drug-likeness (QED) is 0.752. The Bertz CT molecular complexity index is 783. The monoisotopic (exact) mass is 340 g/mol. The molecule has 21 heavy (non-hydrogen) atoms. The first-order chi connectivity index (χ1) is 10.2. The molecule has 1 atom stereocenters. The van der Waals surface area contributed by atoms with Crippen LogP contribution in [0.25, 0.3) is 10.9 Å². The van der Waals surface area contributed by atoms with Gasteiger partial charge in [0, 0.05) is 16.1 Å². The van der Waals surface area contributed by atoms with E-state index in [1.807, 2.05) is 31.4 Å². The predicted octanol–water partition coefficient (Wildman–Crippen LogP) is 4.61. The van der Waals surface area contributed by atoms with E-state index in [9.17, 15) is 0 Å². The minimum atomic E-state index is 0.139. The zero-order valence-electron chi connectivity index (χ0n) is 12.1. The van der Waals surface area contributed by atoms with Crippen LogP contribution in [-0.2, 0) is 0 Å². The summed E-state index contributed by atoms with van der Waals surface area (Å²) in [6.45, 7) is 2.14. The SMILES string of the molecule is CNC(c1cnc2ccccc2c1)c1cc(Br)ccc1C. The summed E-state index contributed by atoms with van der Waals surface area (Å²) in [5, 5.41) is 4.58. The smallest absolute Gasteiger partial charge is 0.0702 e. The molecule has 1 heterocycles. The highest BCUT2D eigenvalue weighted by atomic mass is 79.9. The van der Waals surface area contributed by atoms with Crippen LogP contribution in [-0.4, -0.2) is 12.0 Å². The largest absolute Gasteiger partial charge is 0.309 e. The summed E-state index contributed by atoms with van der Waals surface area (Å²) in [5.41, 5.74) is 4.74. The van der Waals surface area contributed by atoms with E-state index >= 15 is 0 Å². The van der Waals surface area contributed by atoms with Crippen molar-refractivity contribution in [3.05, 3.63) is 75.9 Å². The van der Waals surface area contributed by atoms with Gasteiger partial charge in [0.1, 0.15) is 0 Å². The summed E-state index contributed by atoms with van der Waals surface area (Å²) in [5.74, 6) is 0. The number of nitrogens with zero attached hydrogens (tertiary/aromatic N) is 1. The number of para-hydroxylation sites is 1. The van der Waals surface area contributed by atoms with Gasteiger partial charge in [0.25, 0.3) is 0 Å². The number of hydrogen-bond acceptors (Lipinski definition) is 2. The zero-order chi connectivity index (χ0) is 14.8. The van der Waals surface area contributed by atoms with Crippen molar-refractivity contribution >= 4 is 26.8 Å². The van der Waals surface area contributed by atoms with Crippen molar-refractivity contribution in [3.63, 3.8) is 0 Å². The summed E-state index contributed by atoms with van der Waals surface area (Å²) in [6, 6.07) is 16.9. The van der Waals surface area contributed by atoms with Crippen LogP contribution in [0.1, 0.15) is 22.7 Å². The Labute approximate surface area is 133 Å². The lowest BCUT2D eigenvalue weighted by Crippen LogP contribution is -2.19. The van der Waals surface area contributed by atoms with Crippen LogP contribution < -0.4 is 5.32 Å². The normalized spacial score (nSPS) is 12.5.